The average Bonchev–Trinajstić information content (AvgIpc) is 3.28. The molecule has 0 aromatic heterocycles. The third-order valence-electron chi connectivity index (χ3n) is 7.32. The minimum absolute atomic E-state index is 0.157. The van der Waals surface area contributed by atoms with Gasteiger partial charge in [0.05, 0.1) is 12.6 Å². The van der Waals surface area contributed by atoms with Crippen molar-refractivity contribution in [3.05, 3.63) is 35.4 Å². The van der Waals surface area contributed by atoms with Crippen LogP contribution in [0.15, 0.2) is 24.3 Å². The Bertz CT molecular complexity index is 750. The van der Waals surface area contributed by atoms with Crippen molar-refractivity contribution in [3.63, 3.8) is 0 Å². The number of rotatable bonds is 8. The van der Waals surface area contributed by atoms with E-state index in [0.29, 0.717) is 25.0 Å². The van der Waals surface area contributed by atoms with Gasteiger partial charge in [0, 0.05) is 12.1 Å². The molecule has 0 bridgehead atoms. The molecule has 0 unspecified atom stereocenters. The van der Waals surface area contributed by atoms with E-state index in [1.165, 1.54) is 24.0 Å². The summed E-state index contributed by atoms with van der Waals surface area (Å²) < 4.78 is 5.38. The summed E-state index contributed by atoms with van der Waals surface area (Å²) in [5.41, 5.74) is 2.46. The summed E-state index contributed by atoms with van der Waals surface area (Å²) in [6.07, 6.45) is 6.11. The molecule has 1 aliphatic heterocycles. The fourth-order valence-electron chi connectivity index (χ4n) is 5.49. The summed E-state index contributed by atoms with van der Waals surface area (Å²) in [5.74, 6) is 0.578. The Morgan fingerprint density at radius 2 is 2.00 bits per heavy atom. The number of hydrogen-bond acceptors (Lipinski definition) is 4. The molecule has 1 aromatic carbocycles. The molecule has 0 radical (unpaired) electrons. The highest BCUT2D eigenvalue weighted by Gasteiger charge is 2.46. The van der Waals surface area contributed by atoms with Gasteiger partial charge in [0.2, 0.25) is 5.91 Å². The smallest absolute Gasteiger partial charge is 0.323 e. The van der Waals surface area contributed by atoms with Crippen LogP contribution >= 0.6 is 0 Å². The van der Waals surface area contributed by atoms with E-state index in [9.17, 15) is 9.59 Å². The zero-order valence-corrected chi connectivity index (χ0v) is 19.3. The Morgan fingerprint density at radius 1 is 1.27 bits per heavy atom. The highest BCUT2D eigenvalue weighted by atomic mass is 16.5. The molecular formula is C25H38N2O3. The highest BCUT2D eigenvalue weighted by molar-refractivity contribution is 5.84. The Morgan fingerprint density at radius 3 is 2.70 bits per heavy atom. The van der Waals surface area contributed by atoms with Crippen LogP contribution in [-0.4, -0.2) is 59.5 Å². The molecule has 166 valence electrons. The van der Waals surface area contributed by atoms with Crippen LogP contribution in [0.5, 0.6) is 0 Å². The predicted molar refractivity (Wildman–Crippen MR) is 119 cm³/mol. The van der Waals surface area contributed by atoms with Crippen LogP contribution in [0, 0.1) is 12.8 Å². The molecular weight excluding hydrogens is 376 g/mol. The lowest BCUT2D eigenvalue weighted by atomic mass is 9.99. The normalized spacial score (nSPS) is 25.3. The van der Waals surface area contributed by atoms with E-state index in [0.717, 1.165) is 19.3 Å². The van der Waals surface area contributed by atoms with Crippen LogP contribution in [0.3, 0.4) is 0 Å². The van der Waals surface area contributed by atoms with Crippen LogP contribution in [0.4, 0.5) is 0 Å². The third-order valence-corrected chi connectivity index (χ3v) is 7.32. The molecule has 1 saturated heterocycles. The molecule has 0 N–H and O–H groups in total. The Kier molecular flexibility index (Phi) is 7.56. The molecule has 0 spiro atoms. The number of likely N-dealkylation sites (tertiary alicyclic amines) is 1. The largest absolute Gasteiger partial charge is 0.465 e. The lowest BCUT2D eigenvalue weighted by Crippen LogP contribution is -2.54. The Labute approximate surface area is 181 Å². The van der Waals surface area contributed by atoms with Gasteiger partial charge < -0.3 is 9.64 Å². The maximum absolute atomic E-state index is 13.5. The summed E-state index contributed by atoms with van der Waals surface area (Å²) in [6, 6.07) is 8.16. The Hall–Kier alpha value is -1.88. The predicted octanol–water partition coefficient (Wildman–Crippen LogP) is 3.97. The minimum Gasteiger partial charge on any atom is -0.465 e. The zero-order chi connectivity index (χ0) is 21.8. The maximum Gasteiger partial charge on any atom is 0.323 e. The molecule has 30 heavy (non-hydrogen) atoms. The topological polar surface area (TPSA) is 49.9 Å². The van der Waals surface area contributed by atoms with Gasteiger partial charge in [-0.05, 0) is 83.9 Å². The van der Waals surface area contributed by atoms with E-state index in [-0.39, 0.29) is 24.0 Å². The number of benzene rings is 1. The lowest BCUT2D eigenvalue weighted by molar-refractivity contribution is -0.152. The number of aryl methyl sites for hydroxylation is 2. The van der Waals surface area contributed by atoms with Gasteiger partial charge in [0.1, 0.15) is 6.04 Å². The SMILES string of the molecule is CCOC(=O)[C@H](CCc1ccccc1C)N(C)[C@@H](C)C(=O)N1[C@H](C)C[C@@H]2CCC[C@@H]21. The first kappa shape index (κ1) is 22.8. The van der Waals surface area contributed by atoms with Crippen LogP contribution in [0.1, 0.15) is 64.0 Å². The van der Waals surface area contributed by atoms with Crippen molar-refractivity contribution < 1.29 is 14.3 Å². The van der Waals surface area contributed by atoms with Crippen molar-refractivity contribution in [2.75, 3.05) is 13.7 Å². The Balaban J connectivity index is 1.72. The van der Waals surface area contributed by atoms with Crippen molar-refractivity contribution >= 4 is 11.9 Å². The second kappa shape index (κ2) is 9.95. The standard InChI is InChI=1S/C25H38N2O3/c1-6-30-25(29)23(15-14-20-11-8-7-10-17(20)2)26(5)19(4)24(28)27-18(3)16-21-12-9-13-22(21)27/h7-8,10-11,18-19,21-23H,6,9,12-16H2,1-5H3/t18-,19+,21+,22+,23+/m1/s1. The van der Waals surface area contributed by atoms with Crippen LogP contribution < -0.4 is 0 Å². The van der Waals surface area contributed by atoms with E-state index in [4.69, 9.17) is 4.74 Å². The second-order valence-corrected chi connectivity index (χ2v) is 9.16. The minimum atomic E-state index is -0.430. The summed E-state index contributed by atoms with van der Waals surface area (Å²) >= 11 is 0. The van der Waals surface area contributed by atoms with Crippen molar-refractivity contribution in [1.82, 2.24) is 9.80 Å². The van der Waals surface area contributed by atoms with Crippen LogP contribution in [0.2, 0.25) is 0 Å². The van der Waals surface area contributed by atoms with Crippen LogP contribution in [0.25, 0.3) is 0 Å². The number of ether oxygens (including phenoxy) is 1. The second-order valence-electron chi connectivity index (χ2n) is 9.16. The first-order valence-corrected chi connectivity index (χ1v) is 11.6. The molecule has 5 heteroatoms. The number of hydrogen-bond donors (Lipinski definition) is 0. The first-order chi connectivity index (χ1) is 14.3. The number of esters is 1. The molecule has 5 atom stereocenters. The molecule has 2 aliphatic rings. The van der Waals surface area contributed by atoms with Crippen molar-refractivity contribution in [2.45, 2.75) is 90.4 Å². The number of nitrogens with zero attached hydrogens (tertiary/aromatic N) is 2. The molecule has 1 amide bonds. The quantitative estimate of drug-likeness (QED) is 0.604. The average molecular weight is 415 g/mol. The number of amides is 1. The van der Waals surface area contributed by atoms with Gasteiger partial charge in [-0.2, -0.15) is 0 Å². The summed E-state index contributed by atoms with van der Waals surface area (Å²) in [7, 11) is 1.90. The van der Waals surface area contributed by atoms with E-state index in [1.807, 2.05) is 37.9 Å². The van der Waals surface area contributed by atoms with Crippen molar-refractivity contribution in [1.29, 1.82) is 0 Å². The molecule has 5 nitrogen and oxygen atoms in total. The number of fused-ring (bicyclic) bond motifs is 1. The number of likely N-dealkylation sites (N-methyl/N-ethyl adjacent to an activating group) is 1. The van der Waals surface area contributed by atoms with E-state index < -0.39 is 6.04 Å². The van der Waals surface area contributed by atoms with Gasteiger partial charge in [-0.1, -0.05) is 30.7 Å². The van der Waals surface area contributed by atoms with Crippen molar-refractivity contribution in [3.8, 4) is 0 Å². The fraction of sp³-hybridized carbons (Fsp3) is 0.680. The van der Waals surface area contributed by atoms with Gasteiger partial charge in [0.15, 0.2) is 0 Å². The van der Waals surface area contributed by atoms with Gasteiger partial charge in [0.25, 0.3) is 0 Å². The zero-order valence-electron chi connectivity index (χ0n) is 19.3. The summed E-state index contributed by atoms with van der Waals surface area (Å²) in [4.78, 5) is 30.3. The molecule has 2 fully saturated rings. The van der Waals surface area contributed by atoms with E-state index in [1.54, 1.807) is 0 Å². The molecule has 3 rings (SSSR count). The van der Waals surface area contributed by atoms with Gasteiger partial charge >= 0.3 is 5.97 Å². The molecule has 1 aromatic rings. The first-order valence-electron chi connectivity index (χ1n) is 11.6. The van der Waals surface area contributed by atoms with Gasteiger partial charge in [-0.25, -0.2) is 0 Å². The van der Waals surface area contributed by atoms with Gasteiger partial charge in [-0.15, -0.1) is 0 Å². The maximum atomic E-state index is 13.5. The molecule has 1 heterocycles. The monoisotopic (exact) mass is 414 g/mol. The lowest BCUT2D eigenvalue weighted by Gasteiger charge is -2.36. The third kappa shape index (κ3) is 4.72. The number of carbonyl (C=O) groups is 2. The fourth-order valence-corrected chi connectivity index (χ4v) is 5.49. The highest BCUT2D eigenvalue weighted by Crippen LogP contribution is 2.41. The van der Waals surface area contributed by atoms with E-state index in [2.05, 4.69) is 30.9 Å². The van der Waals surface area contributed by atoms with Gasteiger partial charge in [-0.3, -0.25) is 14.5 Å². The molecule has 1 aliphatic carbocycles. The van der Waals surface area contributed by atoms with E-state index >= 15 is 0 Å². The number of carbonyl (C=O) groups excluding carboxylic acids is 2. The summed E-state index contributed by atoms with van der Waals surface area (Å²) in [5, 5.41) is 0. The van der Waals surface area contributed by atoms with Crippen LogP contribution in [-0.2, 0) is 20.7 Å². The van der Waals surface area contributed by atoms with Crippen molar-refractivity contribution in [2.24, 2.45) is 5.92 Å². The molecule has 1 saturated carbocycles. The summed E-state index contributed by atoms with van der Waals surface area (Å²) in [6.45, 7) is 8.39.